The standard InChI is InChI=1S/C29H31N5O2/c1-18-4-7-24(29(36)34-16-25(17-34)22-8-5-21(15-30)6-9-22)14-26(18)27-19(2)31-28(32-27)23-10-12-33(13-11-23)20(3)35/h4-9,14,23,25H,10-13,16-17H2,1-3H3,(H,31,32). The molecule has 1 aromatic heterocycles. The molecular formula is C29H31N5O2. The summed E-state index contributed by atoms with van der Waals surface area (Å²) in [5.41, 5.74) is 6.44. The Labute approximate surface area is 211 Å². The Morgan fingerprint density at radius 1 is 1.00 bits per heavy atom. The van der Waals surface area contributed by atoms with Gasteiger partial charge in [0.15, 0.2) is 0 Å². The molecule has 0 atom stereocenters. The lowest BCUT2D eigenvalue weighted by molar-refractivity contribution is -0.129. The number of nitrogens with one attached hydrogen (secondary N) is 1. The quantitative estimate of drug-likeness (QED) is 0.592. The zero-order valence-corrected chi connectivity index (χ0v) is 21.0. The van der Waals surface area contributed by atoms with Gasteiger partial charge in [0.05, 0.1) is 17.3 Å². The number of aromatic nitrogens is 2. The Kier molecular flexibility index (Phi) is 6.36. The molecule has 36 heavy (non-hydrogen) atoms. The number of hydrogen-bond acceptors (Lipinski definition) is 4. The molecule has 184 valence electrons. The summed E-state index contributed by atoms with van der Waals surface area (Å²) in [6.45, 7) is 8.58. The summed E-state index contributed by atoms with van der Waals surface area (Å²) >= 11 is 0. The Morgan fingerprint density at radius 3 is 2.33 bits per heavy atom. The SMILES string of the molecule is CC(=O)N1CCC(c2nc(-c3cc(C(=O)N4CC(c5ccc(C#N)cc5)C4)ccc3C)c(C)[nH]2)CC1. The van der Waals surface area contributed by atoms with Gasteiger partial charge in [0.25, 0.3) is 5.91 Å². The van der Waals surface area contributed by atoms with E-state index in [2.05, 4.69) is 11.1 Å². The van der Waals surface area contributed by atoms with Crippen LogP contribution in [0.1, 0.15) is 70.2 Å². The highest BCUT2D eigenvalue weighted by Crippen LogP contribution is 2.33. The number of nitriles is 1. The van der Waals surface area contributed by atoms with Gasteiger partial charge in [-0.05, 0) is 62.1 Å². The van der Waals surface area contributed by atoms with Crippen molar-refractivity contribution in [1.82, 2.24) is 19.8 Å². The number of carbonyl (C=O) groups is 2. The first-order valence-electron chi connectivity index (χ1n) is 12.6. The van der Waals surface area contributed by atoms with Crippen LogP contribution in [0.3, 0.4) is 0 Å². The van der Waals surface area contributed by atoms with Crippen LogP contribution in [0.25, 0.3) is 11.3 Å². The van der Waals surface area contributed by atoms with Gasteiger partial charge in [0.2, 0.25) is 5.91 Å². The molecule has 0 bridgehead atoms. The van der Waals surface area contributed by atoms with Gasteiger partial charge in [-0.3, -0.25) is 9.59 Å². The van der Waals surface area contributed by atoms with Crippen molar-refractivity contribution < 1.29 is 9.59 Å². The van der Waals surface area contributed by atoms with Gasteiger partial charge in [0, 0.05) is 61.8 Å². The van der Waals surface area contributed by atoms with E-state index in [1.807, 2.05) is 66.1 Å². The van der Waals surface area contributed by atoms with Crippen LogP contribution in [0.4, 0.5) is 0 Å². The topological polar surface area (TPSA) is 93.1 Å². The molecule has 2 amide bonds. The highest BCUT2D eigenvalue weighted by molar-refractivity contribution is 5.96. The van der Waals surface area contributed by atoms with Gasteiger partial charge in [-0.2, -0.15) is 5.26 Å². The summed E-state index contributed by atoms with van der Waals surface area (Å²) < 4.78 is 0. The minimum absolute atomic E-state index is 0.0335. The summed E-state index contributed by atoms with van der Waals surface area (Å²) in [6.07, 6.45) is 1.80. The Morgan fingerprint density at radius 2 is 1.69 bits per heavy atom. The first-order chi connectivity index (χ1) is 17.3. The van der Waals surface area contributed by atoms with Crippen LogP contribution in [0.2, 0.25) is 0 Å². The molecule has 7 nitrogen and oxygen atoms in total. The third-order valence-corrected chi connectivity index (χ3v) is 7.65. The predicted octanol–water partition coefficient (Wildman–Crippen LogP) is 4.53. The molecule has 0 spiro atoms. The Balaban J connectivity index is 1.30. The van der Waals surface area contributed by atoms with E-state index in [9.17, 15) is 9.59 Å². The van der Waals surface area contributed by atoms with Gasteiger partial charge in [-0.1, -0.05) is 18.2 Å². The molecule has 2 aliphatic rings. The van der Waals surface area contributed by atoms with Crippen LogP contribution >= 0.6 is 0 Å². The number of rotatable bonds is 4. The van der Waals surface area contributed by atoms with Crippen LogP contribution in [-0.2, 0) is 4.79 Å². The van der Waals surface area contributed by atoms with Gasteiger partial charge in [-0.15, -0.1) is 0 Å². The smallest absolute Gasteiger partial charge is 0.253 e. The predicted molar refractivity (Wildman–Crippen MR) is 138 cm³/mol. The van der Waals surface area contributed by atoms with E-state index >= 15 is 0 Å². The molecule has 0 radical (unpaired) electrons. The maximum atomic E-state index is 13.2. The lowest BCUT2D eigenvalue weighted by Gasteiger charge is -2.39. The number of benzene rings is 2. The van der Waals surface area contributed by atoms with Crippen molar-refractivity contribution in [1.29, 1.82) is 5.26 Å². The number of nitrogens with zero attached hydrogens (tertiary/aromatic N) is 4. The first kappa shape index (κ1) is 23.8. The maximum Gasteiger partial charge on any atom is 0.253 e. The number of likely N-dealkylation sites (tertiary alicyclic amines) is 2. The van der Waals surface area contributed by atoms with Gasteiger partial charge in [0.1, 0.15) is 5.82 Å². The van der Waals surface area contributed by atoms with Crippen LogP contribution in [0, 0.1) is 25.2 Å². The minimum atomic E-state index is 0.0335. The van der Waals surface area contributed by atoms with Gasteiger partial charge >= 0.3 is 0 Å². The van der Waals surface area contributed by atoms with Crippen LogP contribution < -0.4 is 0 Å². The molecule has 2 fully saturated rings. The second kappa shape index (κ2) is 9.62. The second-order valence-corrected chi connectivity index (χ2v) is 10.0. The molecule has 7 heteroatoms. The fraction of sp³-hybridized carbons (Fsp3) is 0.379. The molecule has 0 unspecified atom stereocenters. The number of aromatic amines is 1. The number of hydrogen-bond donors (Lipinski definition) is 1. The molecule has 1 N–H and O–H groups in total. The highest BCUT2D eigenvalue weighted by Gasteiger charge is 2.32. The second-order valence-electron chi connectivity index (χ2n) is 10.0. The van der Waals surface area contributed by atoms with E-state index in [1.54, 1.807) is 6.92 Å². The summed E-state index contributed by atoms with van der Waals surface area (Å²) in [6, 6.07) is 15.6. The molecule has 2 aromatic carbocycles. The van der Waals surface area contributed by atoms with Crippen molar-refractivity contribution in [2.24, 2.45) is 0 Å². The van der Waals surface area contributed by atoms with Crippen molar-refractivity contribution in [3.63, 3.8) is 0 Å². The summed E-state index contributed by atoms with van der Waals surface area (Å²) in [7, 11) is 0. The van der Waals surface area contributed by atoms with Crippen molar-refractivity contribution in [3.8, 4) is 17.3 Å². The van der Waals surface area contributed by atoms with E-state index < -0.39 is 0 Å². The summed E-state index contributed by atoms with van der Waals surface area (Å²) in [5.74, 6) is 1.74. The van der Waals surface area contributed by atoms with Crippen molar-refractivity contribution in [3.05, 3.63) is 76.2 Å². The van der Waals surface area contributed by atoms with E-state index in [0.29, 0.717) is 36.1 Å². The lowest BCUT2D eigenvalue weighted by Crippen LogP contribution is -2.48. The number of carbonyl (C=O) groups excluding carboxylic acids is 2. The van der Waals surface area contributed by atoms with Gasteiger partial charge < -0.3 is 14.8 Å². The minimum Gasteiger partial charge on any atom is -0.345 e. The third kappa shape index (κ3) is 4.51. The van der Waals surface area contributed by atoms with Gasteiger partial charge in [-0.25, -0.2) is 4.98 Å². The highest BCUT2D eigenvalue weighted by atomic mass is 16.2. The van der Waals surface area contributed by atoms with Crippen molar-refractivity contribution in [2.75, 3.05) is 26.2 Å². The maximum absolute atomic E-state index is 13.2. The molecular weight excluding hydrogens is 450 g/mol. The van der Waals surface area contributed by atoms with Crippen molar-refractivity contribution in [2.45, 2.75) is 45.4 Å². The first-order valence-corrected chi connectivity index (χ1v) is 12.6. The number of piperidine rings is 1. The normalized spacial score (nSPS) is 16.5. The Bertz CT molecular complexity index is 1340. The van der Waals surface area contributed by atoms with E-state index in [-0.39, 0.29) is 11.8 Å². The molecule has 0 aliphatic carbocycles. The Hall–Kier alpha value is -3.92. The zero-order valence-electron chi connectivity index (χ0n) is 21.0. The number of H-pyrrole nitrogens is 1. The lowest BCUT2D eigenvalue weighted by atomic mass is 9.90. The molecule has 3 heterocycles. The summed E-state index contributed by atoms with van der Waals surface area (Å²) in [5, 5.41) is 8.99. The number of amides is 2. The average Bonchev–Trinajstić information content (AvgIpc) is 3.25. The summed E-state index contributed by atoms with van der Waals surface area (Å²) in [4.78, 5) is 37.1. The van der Waals surface area contributed by atoms with E-state index in [0.717, 1.165) is 59.8 Å². The van der Waals surface area contributed by atoms with E-state index in [4.69, 9.17) is 10.2 Å². The van der Waals surface area contributed by atoms with Crippen LogP contribution in [-0.4, -0.2) is 57.8 Å². The molecule has 2 aliphatic heterocycles. The largest absolute Gasteiger partial charge is 0.345 e. The fourth-order valence-corrected chi connectivity index (χ4v) is 5.28. The third-order valence-electron chi connectivity index (χ3n) is 7.65. The monoisotopic (exact) mass is 481 g/mol. The molecule has 3 aromatic rings. The molecule has 0 saturated carbocycles. The average molecular weight is 482 g/mol. The fourth-order valence-electron chi connectivity index (χ4n) is 5.28. The molecule has 2 saturated heterocycles. The number of aryl methyl sites for hydroxylation is 2. The number of imidazole rings is 1. The molecule has 5 rings (SSSR count). The zero-order chi connectivity index (χ0) is 25.4. The van der Waals surface area contributed by atoms with Crippen LogP contribution in [0.15, 0.2) is 42.5 Å². The van der Waals surface area contributed by atoms with Crippen LogP contribution in [0.5, 0.6) is 0 Å². The van der Waals surface area contributed by atoms with Crippen molar-refractivity contribution >= 4 is 11.8 Å². The van der Waals surface area contributed by atoms with E-state index in [1.165, 1.54) is 0 Å².